The average molecular weight is 870 g/mol. The average Bonchev–Trinajstić information content (AvgIpc) is 3.56. The van der Waals surface area contributed by atoms with E-state index in [2.05, 4.69) is 39.3 Å². The number of carbonyl (C=O) groups is 3. The Morgan fingerprint density at radius 2 is 1.47 bits per heavy atom. The molecule has 0 bridgehead atoms. The number of nitrogens with one attached hydrogen (secondary N) is 1. The van der Waals surface area contributed by atoms with E-state index in [0.717, 1.165) is 43.1 Å². The molecule has 0 spiro atoms. The van der Waals surface area contributed by atoms with Crippen molar-refractivity contribution in [3.63, 3.8) is 0 Å². The zero-order valence-electron chi connectivity index (χ0n) is 37.5. The van der Waals surface area contributed by atoms with Crippen LogP contribution in [0.4, 0.5) is 0 Å². The highest BCUT2D eigenvalue weighted by Crippen LogP contribution is 2.76. The molecule has 1 N–H and O–H groups in total. The van der Waals surface area contributed by atoms with Crippen molar-refractivity contribution in [2.75, 3.05) is 6.26 Å². The third-order valence-corrected chi connectivity index (χ3v) is 18.1. The van der Waals surface area contributed by atoms with Crippen LogP contribution in [0.1, 0.15) is 135 Å². The first-order valence-corrected chi connectivity index (χ1v) is 24.3. The largest absolute Gasteiger partial charge is 0.519 e. The van der Waals surface area contributed by atoms with Crippen molar-refractivity contribution in [3.8, 4) is 0 Å². The van der Waals surface area contributed by atoms with Crippen LogP contribution in [-0.2, 0) is 40.5 Å². The van der Waals surface area contributed by atoms with Crippen molar-refractivity contribution in [3.05, 3.63) is 106 Å². The molecule has 0 aliphatic heterocycles. The Labute approximate surface area is 365 Å². The van der Waals surface area contributed by atoms with Crippen molar-refractivity contribution >= 4 is 27.7 Å². The van der Waals surface area contributed by atoms with Gasteiger partial charge in [0.15, 0.2) is 30.0 Å². The van der Waals surface area contributed by atoms with Gasteiger partial charge < -0.3 is 18.3 Å². The van der Waals surface area contributed by atoms with E-state index in [1.807, 2.05) is 66.7 Å². The predicted molar refractivity (Wildman–Crippen MR) is 233 cm³/mol. The Morgan fingerprint density at radius 1 is 0.839 bits per heavy atom. The second kappa shape index (κ2) is 15.5. The van der Waals surface area contributed by atoms with E-state index in [1.165, 1.54) is 5.57 Å². The number of ether oxygens (including phenoxy) is 2. The third-order valence-electron chi connectivity index (χ3n) is 17.4. The number of carbonyl (C=O) groups excluding carboxylic acids is 3. The van der Waals surface area contributed by atoms with Gasteiger partial charge in [-0.3, -0.25) is 14.4 Å². The van der Waals surface area contributed by atoms with Gasteiger partial charge in [-0.2, -0.15) is 0 Å². The smallest absolute Gasteiger partial charge is 0.457 e. The van der Waals surface area contributed by atoms with Gasteiger partial charge in [0.25, 0.3) is 0 Å². The van der Waals surface area contributed by atoms with Gasteiger partial charge in [-0.05, 0) is 136 Å². The van der Waals surface area contributed by atoms with Crippen LogP contribution in [0.15, 0.2) is 85.9 Å². The van der Waals surface area contributed by atoms with Gasteiger partial charge in [-0.25, -0.2) is 17.9 Å². The SMILES string of the molecule is CC[C@@]12CC[C@@]3(C)CC[C@](C)(C(=O)OC(c4ccccc4)c4ccccc4)C[C@H]3C1=CC(=O)[C@@H]1[C@@]3(C)CC[C@H](NS(C)(=O)=O)[C@@](C)(C(=O)OCc4oc(=O)oc4C)[C@@H]3CC[C@]12C. The van der Waals surface area contributed by atoms with Crippen LogP contribution in [0.3, 0.4) is 0 Å². The normalized spacial score (nSPS) is 36.7. The van der Waals surface area contributed by atoms with E-state index >= 15 is 4.79 Å². The fourth-order valence-electron chi connectivity index (χ4n) is 14.0. The highest BCUT2D eigenvalue weighted by Gasteiger charge is 2.73. The molecule has 1 aromatic heterocycles. The Morgan fingerprint density at radius 3 is 2.05 bits per heavy atom. The maximum Gasteiger partial charge on any atom is 0.519 e. The number of aryl methyl sites for hydroxylation is 1. The van der Waals surface area contributed by atoms with Gasteiger partial charge in [0.2, 0.25) is 10.0 Å². The Bertz CT molecular complexity index is 2400. The van der Waals surface area contributed by atoms with Gasteiger partial charge in [0, 0.05) is 12.0 Å². The number of hydrogen-bond donors (Lipinski definition) is 1. The van der Waals surface area contributed by atoms with Crippen LogP contribution in [-0.4, -0.2) is 38.4 Å². The summed E-state index contributed by atoms with van der Waals surface area (Å²) >= 11 is 0. The highest BCUT2D eigenvalue weighted by atomic mass is 32.2. The van der Waals surface area contributed by atoms with Crippen LogP contribution in [0, 0.1) is 57.2 Å². The molecule has 1 heterocycles. The van der Waals surface area contributed by atoms with Crippen LogP contribution >= 0.6 is 0 Å². The molecule has 3 aromatic rings. The maximum atomic E-state index is 15.3. The Hall–Kier alpha value is -4.29. The van der Waals surface area contributed by atoms with Crippen LogP contribution < -0.4 is 10.5 Å². The minimum Gasteiger partial charge on any atom is -0.457 e. The number of sulfonamides is 1. The van der Waals surface area contributed by atoms with Gasteiger partial charge >= 0.3 is 17.8 Å². The fraction of sp³-hybridized carbons (Fsp3) is 0.600. The summed E-state index contributed by atoms with van der Waals surface area (Å²) in [7, 11) is -3.74. The second-order valence-corrected chi connectivity index (χ2v) is 22.5. The van der Waals surface area contributed by atoms with Crippen LogP contribution in [0.2, 0.25) is 0 Å². The lowest BCUT2D eigenvalue weighted by atomic mass is 9.32. The van der Waals surface area contributed by atoms with Crippen molar-refractivity contribution in [2.24, 2.45) is 50.2 Å². The summed E-state index contributed by atoms with van der Waals surface area (Å²) in [5, 5.41) is 0. The van der Waals surface area contributed by atoms with E-state index in [9.17, 15) is 22.8 Å². The molecular formula is C50H63NO10S. The number of benzene rings is 2. The third kappa shape index (κ3) is 6.97. The summed E-state index contributed by atoms with van der Waals surface area (Å²) in [5.74, 6) is -2.28. The van der Waals surface area contributed by atoms with Crippen LogP contribution in [0.5, 0.6) is 0 Å². The predicted octanol–water partition coefficient (Wildman–Crippen LogP) is 9.19. The molecule has 8 rings (SSSR count). The monoisotopic (exact) mass is 869 g/mol. The molecule has 334 valence electrons. The lowest BCUT2D eigenvalue weighted by molar-refractivity contribution is -0.206. The van der Waals surface area contributed by atoms with E-state index in [-0.39, 0.29) is 46.6 Å². The van der Waals surface area contributed by atoms with Crippen molar-refractivity contribution in [2.45, 2.75) is 131 Å². The topological polar surface area (TPSA) is 159 Å². The summed E-state index contributed by atoms with van der Waals surface area (Å²) in [6, 6.07) is 19.0. The summed E-state index contributed by atoms with van der Waals surface area (Å²) in [5.41, 5.74) is -0.738. The highest BCUT2D eigenvalue weighted by molar-refractivity contribution is 7.88. The molecule has 10 atom stereocenters. The number of fused-ring (bicyclic) bond motifs is 7. The molecular weight excluding hydrogens is 807 g/mol. The van der Waals surface area contributed by atoms with E-state index < -0.39 is 67.5 Å². The molecule has 11 nitrogen and oxygen atoms in total. The van der Waals surface area contributed by atoms with Gasteiger partial charge in [-0.15, -0.1) is 0 Å². The first kappa shape index (κ1) is 44.3. The second-order valence-electron chi connectivity index (χ2n) is 20.7. The zero-order chi connectivity index (χ0) is 44.7. The van der Waals surface area contributed by atoms with E-state index in [1.54, 1.807) is 13.8 Å². The number of esters is 2. The molecule has 0 saturated heterocycles. The maximum absolute atomic E-state index is 15.3. The Balaban J connectivity index is 1.14. The summed E-state index contributed by atoms with van der Waals surface area (Å²) in [6.45, 7) is 14.1. The zero-order valence-corrected chi connectivity index (χ0v) is 38.3. The number of rotatable bonds is 10. The van der Waals surface area contributed by atoms with Crippen molar-refractivity contribution < 1.29 is 41.1 Å². The lowest BCUT2D eigenvalue weighted by Crippen LogP contribution is -2.70. The molecule has 2 aromatic carbocycles. The number of ketones is 1. The molecule has 5 aliphatic rings. The molecule has 4 saturated carbocycles. The molecule has 4 fully saturated rings. The molecule has 62 heavy (non-hydrogen) atoms. The number of hydrogen-bond acceptors (Lipinski definition) is 10. The minimum atomic E-state index is -3.74. The summed E-state index contributed by atoms with van der Waals surface area (Å²) < 4.78 is 51.0. The van der Waals surface area contributed by atoms with Gasteiger partial charge in [0.05, 0.1) is 17.1 Å². The van der Waals surface area contributed by atoms with Crippen molar-refractivity contribution in [1.29, 1.82) is 0 Å². The molecule has 0 amide bonds. The van der Waals surface area contributed by atoms with Gasteiger partial charge in [0.1, 0.15) is 0 Å². The minimum absolute atomic E-state index is 0.0111. The first-order valence-electron chi connectivity index (χ1n) is 22.4. The summed E-state index contributed by atoms with van der Waals surface area (Å²) in [4.78, 5) is 56.4. The first-order chi connectivity index (χ1) is 29.1. The Kier molecular flexibility index (Phi) is 11.0. The molecule has 12 heteroatoms. The fourth-order valence-corrected chi connectivity index (χ4v) is 14.9. The van der Waals surface area contributed by atoms with Gasteiger partial charge in [-0.1, -0.05) is 93.9 Å². The van der Waals surface area contributed by atoms with E-state index in [0.29, 0.717) is 38.5 Å². The van der Waals surface area contributed by atoms with E-state index in [4.69, 9.17) is 18.3 Å². The quantitative estimate of drug-likeness (QED) is 0.195. The summed E-state index contributed by atoms with van der Waals surface area (Å²) in [6.07, 6.45) is 9.41. The standard InChI is InChI=1S/C50H63NO10S/c1-9-50-27-26-45(3)24-25-46(4,42(53)61-40(32-16-12-10-13-17-32)33-18-14-11-15-19-33)29-35(45)34(50)28-36(52)41-47(5)22-21-39(51-62(8,56)57)49(7,38(47)20-23-48(41,50)6)43(54)58-30-37-31(2)59-44(55)60-37/h10-19,28,35,38-41,51H,9,20-27,29-30H2,1-8H3/t35-,38+,39-,41+,45+,46-,47-,48+,49-,50+/m0/s1. The lowest BCUT2D eigenvalue weighted by Gasteiger charge is -2.71. The molecule has 0 unspecified atom stereocenters. The number of allylic oxidation sites excluding steroid dienone is 2. The molecule has 5 aliphatic carbocycles. The van der Waals surface area contributed by atoms with Crippen LogP contribution in [0.25, 0.3) is 0 Å². The van der Waals surface area contributed by atoms with Crippen molar-refractivity contribution in [1.82, 2.24) is 4.72 Å². The molecule has 0 radical (unpaired) electrons.